The van der Waals surface area contributed by atoms with Gasteiger partial charge in [0.1, 0.15) is 5.65 Å². The molecule has 0 unspecified atom stereocenters. The molecule has 1 saturated heterocycles. The lowest BCUT2D eigenvalue weighted by atomic mass is 9.90. The van der Waals surface area contributed by atoms with Gasteiger partial charge >= 0.3 is 0 Å². The SMILES string of the molecule is Cc1cccn2cc(CNC(=O)C3(N)CCOCC3)nc12.Cl.Cl. The highest BCUT2D eigenvalue weighted by atomic mass is 35.5. The van der Waals surface area contributed by atoms with Crippen molar-refractivity contribution in [1.29, 1.82) is 0 Å². The van der Waals surface area contributed by atoms with Gasteiger partial charge in [-0.3, -0.25) is 4.79 Å². The number of rotatable bonds is 3. The molecule has 0 spiro atoms. The molecule has 0 bridgehead atoms. The van der Waals surface area contributed by atoms with Gasteiger partial charge in [-0.15, -0.1) is 24.8 Å². The van der Waals surface area contributed by atoms with Crippen molar-refractivity contribution < 1.29 is 9.53 Å². The second-order valence-corrected chi connectivity index (χ2v) is 5.61. The second kappa shape index (κ2) is 7.97. The molecule has 1 amide bonds. The van der Waals surface area contributed by atoms with E-state index in [0.717, 1.165) is 16.9 Å². The fourth-order valence-corrected chi connectivity index (χ4v) is 2.60. The molecule has 1 aliphatic rings. The van der Waals surface area contributed by atoms with Gasteiger partial charge < -0.3 is 20.2 Å². The van der Waals surface area contributed by atoms with Crippen molar-refractivity contribution in [3.05, 3.63) is 35.8 Å². The predicted octanol–water partition coefficient (Wildman–Crippen LogP) is 1.61. The molecule has 128 valence electrons. The van der Waals surface area contributed by atoms with Crippen molar-refractivity contribution in [3.63, 3.8) is 0 Å². The normalized spacial score (nSPS) is 16.3. The summed E-state index contributed by atoms with van der Waals surface area (Å²) in [5.41, 5.74) is 8.18. The van der Waals surface area contributed by atoms with E-state index in [1.807, 2.05) is 35.9 Å². The lowest BCUT2D eigenvalue weighted by molar-refractivity contribution is -0.129. The smallest absolute Gasteiger partial charge is 0.240 e. The van der Waals surface area contributed by atoms with Gasteiger partial charge in [0.15, 0.2) is 0 Å². The van der Waals surface area contributed by atoms with Gasteiger partial charge in [0, 0.05) is 25.6 Å². The summed E-state index contributed by atoms with van der Waals surface area (Å²) in [5.74, 6) is -0.125. The van der Waals surface area contributed by atoms with Crippen LogP contribution in [-0.2, 0) is 16.1 Å². The Morgan fingerprint density at radius 1 is 1.43 bits per heavy atom. The van der Waals surface area contributed by atoms with Gasteiger partial charge in [-0.25, -0.2) is 4.98 Å². The number of nitrogens with one attached hydrogen (secondary N) is 1. The van der Waals surface area contributed by atoms with Crippen LogP contribution in [0.25, 0.3) is 5.65 Å². The van der Waals surface area contributed by atoms with Crippen LogP contribution in [0.4, 0.5) is 0 Å². The molecule has 3 rings (SSSR count). The van der Waals surface area contributed by atoms with Crippen LogP contribution < -0.4 is 11.1 Å². The number of halogens is 2. The van der Waals surface area contributed by atoms with E-state index in [9.17, 15) is 4.79 Å². The van der Waals surface area contributed by atoms with E-state index in [2.05, 4.69) is 10.3 Å². The van der Waals surface area contributed by atoms with Crippen LogP contribution >= 0.6 is 24.8 Å². The van der Waals surface area contributed by atoms with Crippen molar-refractivity contribution in [2.24, 2.45) is 5.73 Å². The first kappa shape index (κ1) is 19.7. The molecule has 0 atom stereocenters. The highest BCUT2D eigenvalue weighted by Gasteiger charge is 2.35. The molecule has 3 heterocycles. The number of imidazole rings is 1. The maximum absolute atomic E-state index is 12.2. The van der Waals surface area contributed by atoms with E-state index in [0.29, 0.717) is 32.6 Å². The zero-order valence-corrected chi connectivity index (χ0v) is 14.6. The minimum atomic E-state index is -0.812. The molecular weight excluding hydrogens is 339 g/mol. The van der Waals surface area contributed by atoms with Crippen LogP contribution in [0.15, 0.2) is 24.5 Å². The van der Waals surface area contributed by atoms with E-state index in [-0.39, 0.29) is 30.7 Å². The molecule has 23 heavy (non-hydrogen) atoms. The maximum Gasteiger partial charge on any atom is 0.240 e. The lowest BCUT2D eigenvalue weighted by Crippen LogP contribution is -2.56. The molecule has 6 nitrogen and oxygen atoms in total. The van der Waals surface area contributed by atoms with Crippen LogP contribution in [-0.4, -0.2) is 34.0 Å². The van der Waals surface area contributed by atoms with Gasteiger partial charge in [-0.2, -0.15) is 0 Å². The number of hydrogen-bond acceptors (Lipinski definition) is 4. The van der Waals surface area contributed by atoms with Crippen molar-refractivity contribution in [2.45, 2.75) is 31.8 Å². The lowest BCUT2D eigenvalue weighted by Gasteiger charge is -2.31. The number of ether oxygens (including phenoxy) is 1. The summed E-state index contributed by atoms with van der Waals surface area (Å²) < 4.78 is 7.22. The van der Waals surface area contributed by atoms with Gasteiger partial charge in [0.05, 0.1) is 17.8 Å². The number of carbonyl (C=O) groups is 1. The van der Waals surface area contributed by atoms with Gasteiger partial charge in [-0.05, 0) is 31.4 Å². The Morgan fingerprint density at radius 2 is 2.13 bits per heavy atom. The number of fused-ring (bicyclic) bond motifs is 1. The standard InChI is InChI=1S/C15H20N4O2.2ClH/c1-11-3-2-6-19-10-12(18-13(11)19)9-17-14(20)15(16)4-7-21-8-5-15;;/h2-3,6,10H,4-5,7-9,16H2,1H3,(H,17,20);2*1H. The fourth-order valence-electron chi connectivity index (χ4n) is 2.60. The molecule has 0 radical (unpaired) electrons. The average molecular weight is 361 g/mol. The Kier molecular flexibility index (Phi) is 6.83. The number of nitrogens with zero attached hydrogens (tertiary/aromatic N) is 2. The van der Waals surface area contributed by atoms with E-state index in [4.69, 9.17) is 10.5 Å². The minimum absolute atomic E-state index is 0. The maximum atomic E-state index is 12.2. The average Bonchev–Trinajstić information content (AvgIpc) is 2.90. The van der Waals surface area contributed by atoms with Gasteiger partial charge in [0.2, 0.25) is 5.91 Å². The first-order chi connectivity index (χ1) is 10.1. The Hall–Kier alpha value is -1.34. The van der Waals surface area contributed by atoms with Crippen LogP contribution in [0, 0.1) is 6.92 Å². The van der Waals surface area contributed by atoms with Crippen LogP contribution in [0.5, 0.6) is 0 Å². The fraction of sp³-hybridized carbons (Fsp3) is 0.467. The van der Waals surface area contributed by atoms with E-state index in [1.54, 1.807) is 0 Å². The Labute approximate surface area is 147 Å². The zero-order chi connectivity index (χ0) is 14.9. The van der Waals surface area contributed by atoms with Crippen molar-refractivity contribution >= 4 is 36.4 Å². The molecular formula is C15H22Cl2N4O2. The molecule has 1 fully saturated rings. The molecule has 2 aromatic rings. The van der Waals surface area contributed by atoms with Crippen molar-refractivity contribution in [3.8, 4) is 0 Å². The van der Waals surface area contributed by atoms with Crippen molar-refractivity contribution in [2.75, 3.05) is 13.2 Å². The summed E-state index contributed by atoms with van der Waals surface area (Å²) in [6.07, 6.45) is 4.99. The van der Waals surface area contributed by atoms with Gasteiger partial charge in [-0.1, -0.05) is 6.07 Å². The number of nitrogens with two attached hydrogens (primary N) is 1. The summed E-state index contributed by atoms with van der Waals surface area (Å²) in [5, 5.41) is 2.89. The third kappa shape index (κ3) is 4.14. The highest BCUT2D eigenvalue weighted by molar-refractivity contribution is 5.86. The summed E-state index contributed by atoms with van der Waals surface area (Å²) in [4.78, 5) is 16.8. The van der Waals surface area contributed by atoms with Crippen LogP contribution in [0.1, 0.15) is 24.1 Å². The summed E-state index contributed by atoms with van der Waals surface area (Å²) in [6, 6.07) is 3.99. The van der Waals surface area contributed by atoms with E-state index >= 15 is 0 Å². The Bertz CT molecular complexity index is 669. The number of aromatic nitrogens is 2. The Balaban J connectivity index is 0.00000132. The number of hydrogen-bond donors (Lipinski definition) is 2. The molecule has 0 saturated carbocycles. The summed E-state index contributed by atoms with van der Waals surface area (Å²) in [7, 11) is 0. The zero-order valence-electron chi connectivity index (χ0n) is 12.9. The topological polar surface area (TPSA) is 81.7 Å². The first-order valence-electron chi connectivity index (χ1n) is 7.17. The Morgan fingerprint density at radius 3 is 2.78 bits per heavy atom. The largest absolute Gasteiger partial charge is 0.381 e. The van der Waals surface area contributed by atoms with Crippen molar-refractivity contribution in [1.82, 2.24) is 14.7 Å². The highest BCUT2D eigenvalue weighted by Crippen LogP contribution is 2.18. The predicted molar refractivity (Wildman–Crippen MR) is 93.2 cm³/mol. The third-order valence-corrected chi connectivity index (χ3v) is 4.00. The number of carbonyl (C=O) groups excluding carboxylic acids is 1. The monoisotopic (exact) mass is 360 g/mol. The summed E-state index contributed by atoms with van der Waals surface area (Å²) in [6.45, 7) is 3.48. The number of pyridine rings is 1. The summed E-state index contributed by atoms with van der Waals surface area (Å²) >= 11 is 0. The first-order valence-corrected chi connectivity index (χ1v) is 7.17. The third-order valence-electron chi connectivity index (χ3n) is 4.00. The molecule has 1 aliphatic heterocycles. The minimum Gasteiger partial charge on any atom is -0.381 e. The number of amides is 1. The molecule has 0 aromatic carbocycles. The second-order valence-electron chi connectivity index (χ2n) is 5.61. The molecule has 3 N–H and O–H groups in total. The van der Waals surface area contributed by atoms with E-state index in [1.165, 1.54) is 0 Å². The molecule has 8 heteroatoms. The van der Waals surface area contributed by atoms with Crippen LogP contribution in [0.3, 0.4) is 0 Å². The quantitative estimate of drug-likeness (QED) is 0.870. The molecule has 0 aliphatic carbocycles. The molecule has 2 aromatic heterocycles. The number of aryl methyl sites for hydroxylation is 1. The van der Waals surface area contributed by atoms with Crippen LogP contribution in [0.2, 0.25) is 0 Å². The van der Waals surface area contributed by atoms with Gasteiger partial charge in [0.25, 0.3) is 0 Å². The van der Waals surface area contributed by atoms with E-state index < -0.39 is 5.54 Å².